The molecule has 2 rings (SSSR count). The number of halogens is 1. The lowest BCUT2D eigenvalue weighted by Gasteiger charge is -2.10. The Kier molecular flexibility index (Phi) is 4.33. The fourth-order valence-electron chi connectivity index (χ4n) is 1.86. The third kappa shape index (κ3) is 3.67. The highest BCUT2D eigenvalue weighted by Gasteiger charge is 2.13. The van der Waals surface area contributed by atoms with E-state index in [1.54, 1.807) is 0 Å². The molecule has 0 unspecified atom stereocenters. The van der Waals surface area contributed by atoms with E-state index < -0.39 is 0 Å². The summed E-state index contributed by atoms with van der Waals surface area (Å²) in [5.41, 5.74) is 0. The highest BCUT2D eigenvalue weighted by atomic mass is 35.5. The highest BCUT2D eigenvalue weighted by molar-refractivity contribution is 6.28. The number of nitrogens with zero attached hydrogens (tertiary/aromatic N) is 3. The molecule has 94 valence electrons. The van der Waals surface area contributed by atoms with Gasteiger partial charge in [-0.2, -0.15) is 15.0 Å². The van der Waals surface area contributed by atoms with Gasteiger partial charge in [-0.25, -0.2) is 0 Å². The second-order valence-electron chi connectivity index (χ2n) is 3.92. The van der Waals surface area contributed by atoms with Crippen molar-refractivity contribution >= 4 is 17.5 Å². The monoisotopic (exact) mass is 257 g/mol. The van der Waals surface area contributed by atoms with Crippen LogP contribution in [0, 0.1) is 0 Å². The van der Waals surface area contributed by atoms with Crippen LogP contribution in [-0.4, -0.2) is 41.2 Å². The SMILES string of the molecule is COc1nc(Cl)nc(NCC[C@H]2CCCN2)n1. The number of anilines is 1. The molecule has 1 aromatic heterocycles. The van der Waals surface area contributed by atoms with Gasteiger partial charge < -0.3 is 15.4 Å². The summed E-state index contributed by atoms with van der Waals surface area (Å²) in [7, 11) is 1.50. The third-order valence-electron chi connectivity index (χ3n) is 2.71. The van der Waals surface area contributed by atoms with Crippen LogP contribution in [0.3, 0.4) is 0 Å². The van der Waals surface area contributed by atoms with Gasteiger partial charge in [-0.3, -0.25) is 0 Å². The first kappa shape index (κ1) is 12.3. The second kappa shape index (κ2) is 5.97. The molecule has 1 atom stereocenters. The molecule has 0 radical (unpaired) electrons. The van der Waals surface area contributed by atoms with Gasteiger partial charge in [0.15, 0.2) is 0 Å². The smallest absolute Gasteiger partial charge is 0.322 e. The molecule has 6 nitrogen and oxygen atoms in total. The number of hydrogen-bond acceptors (Lipinski definition) is 6. The van der Waals surface area contributed by atoms with Crippen LogP contribution in [-0.2, 0) is 0 Å². The molecule has 0 aromatic carbocycles. The summed E-state index contributed by atoms with van der Waals surface area (Å²) in [6.07, 6.45) is 3.55. The Balaban J connectivity index is 1.83. The summed E-state index contributed by atoms with van der Waals surface area (Å²) in [6.45, 7) is 1.93. The van der Waals surface area contributed by atoms with Crippen molar-refractivity contribution in [3.8, 4) is 6.01 Å². The van der Waals surface area contributed by atoms with Gasteiger partial charge in [0.2, 0.25) is 11.2 Å². The normalized spacial score (nSPS) is 19.3. The summed E-state index contributed by atoms with van der Waals surface area (Å²) in [5.74, 6) is 0.458. The molecule has 7 heteroatoms. The van der Waals surface area contributed by atoms with Crippen LogP contribution in [0.25, 0.3) is 0 Å². The fourth-order valence-corrected chi connectivity index (χ4v) is 2.02. The van der Waals surface area contributed by atoms with Gasteiger partial charge in [0, 0.05) is 12.6 Å². The minimum atomic E-state index is 0.137. The summed E-state index contributed by atoms with van der Waals surface area (Å²) >= 11 is 5.74. The summed E-state index contributed by atoms with van der Waals surface area (Å²) < 4.78 is 4.92. The maximum atomic E-state index is 5.74. The summed E-state index contributed by atoms with van der Waals surface area (Å²) in [6, 6.07) is 0.827. The van der Waals surface area contributed by atoms with E-state index in [1.165, 1.54) is 20.0 Å². The maximum Gasteiger partial charge on any atom is 0.322 e. The number of rotatable bonds is 5. The van der Waals surface area contributed by atoms with Crippen molar-refractivity contribution in [1.29, 1.82) is 0 Å². The molecule has 1 aliphatic heterocycles. The molecule has 2 N–H and O–H groups in total. The van der Waals surface area contributed by atoms with E-state index >= 15 is 0 Å². The van der Waals surface area contributed by atoms with Crippen molar-refractivity contribution < 1.29 is 4.74 Å². The minimum Gasteiger partial charge on any atom is -0.467 e. The number of aromatic nitrogens is 3. The standard InChI is InChI=1S/C10H16ClN5O/c1-17-10-15-8(11)14-9(16-10)13-6-4-7-3-2-5-12-7/h7,12H,2-6H2,1H3,(H,13,14,15,16)/t7-/m1/s1. The van der Waals surface area contributed by atoms with Gasteiger partial charge in [0.1, 0.15) is 0 Å². The van der Waals surface area contributed by atoms with Crippen LogP contribution in [0.4, 0.5) is 5.95 Å². The fraction of sp³-hybridized carbons (Fsp3) is 0.700. The summed E-state index contributed by atoms with van der Waals surface area (Å²) in [5, 5.41) is 6.69. The molecular formula is C10H16ClN5O. The van der Waals surface area contributed by atoms with E-state index in [4.69, 9.17) is 16.3 Å². The minimum absolute atomic E-state index is 0.137. The molecule has 0 spiro atoms. The van der Waals surface area contributed by atoms with Crippen molar-refractivity contribution in [2.75, 3.05) is 25.5 Å². The highest BCUT2D eigenvalue weighted by Crippen LogP contribution is 2.12. The zero-order valence-electron chi connectivity index (χ0n) is 9.74. The Hall–Kier alpha value is -1.14. The Bertz CT molecular complexity index is 370. The van der Waals surface area contributed by atoms with Gasteiger partial charge in [0.25, 0.3) is 0 Å². The van der Waals surface area contributed by atoms with E-state index in [9.17, 15) is 0 Å². The van der Waals surface area contributed by atoms with Gasteiger partial charge >= 0.3 is 6.01 Å². The van der Waals surface area contributed by atoms with Gasteiger partial charge in [0.05, 0.1) is 7.11 Å². The molecule has 2 heterocycles. The first-order valence-corrected chi connectivity index (χ1v) is 6.08. The maximum absolute atomic E-state index is 5.74. The van der Waals surface area contributed by atoms with E-state index in [1.807, 2.05) is 0 Å². The summed E-state index contributed by atoms with van der Waals surface area (Å²) in [4.78, 5) is 11.8. The van der Waals surface area contributed by atoms with Crippen molar-refractivity contribution in [3.63, 3.8) is 0 Å². The van der Waals surface area contributed by atoms with Crippen LogP contribution in [0.15, 0.2) is 0 Å². The van der Waals surface area contributed by atoms with Gasteiger partial charge in [-0.05, 0) is 37.4 Å². The number of hydrogen-bond donors (Lipinski definition) is 2. The van der Waals surface area contributed by atoms with Crippen LogP contribution in [0.2, 0.25) is 5.28 Å². The van der Waals surface area contributed by atoms with Crippen LogP contribution >= 0.6 is 11.6 Å². The average Bonchev–Trinajstić information content (AvgIpc) is 2.81. The quantitative estimate of drug-likeness (QED) is 0.823. The number of nitrogens with one attached hydrogen (secondary N) is 2. The molecule has 1 fully saturated rings. The van der Waals surface area contributed by atoms with E-state index in [0.29, 0.717) is 12.0 Å². The average molecular weight is 258 g/mol. The van der Waals surface area contributed by atoms with Crippen LogP contribution < -0.4 is 15.4 Å². The topological polar surface area (TPSA) is 72.0 Å². The molecule has 1 aromatic rings. The Morgan fingerprint density at radius 1 is 1.47 bits per heavy atom. The predicted molar refractivity (Wildman–Crippen MR) is 65.5 cm³/mol. The van der Waals surface area contributed by atoms with E-state index in [0.717, 1.165) is 19.5 Å². The number of methoxy groups -OCH3 is 1. The van der Waals surface area contributed by atoms with Crippen LogP contribution in [0.1, 0.15) is 19.3 Å². The van der Waals surface area contributed by atoms with E-state index in [2.05, 4.69) is 25.6 Å². The molecule has 0 bridgehead atoms. The van der Waals surface area contributed by atoms with Crippen molar-refractivity contribution in [2.45, 2.75) is 25.3 Å². The third-order valence-corrected chi connectivity index (χ3v) is 2.88. The van der Waals surface area contributed by atoms with Crippen molar-refractivity contribution in [1.82, 2.24) is 20.3 Å². The lowest BCUT2D eigenvalue weighted by Crippen LogP contribution is -2.24. The Morgan fingerprint density at radius 2 is 2.35 bits per heavy atom. The van der Waals surface area contributed by atoms with Crippen molar-refractivity contribution in [2.24, 2.45) is 0 Å². The van der Waals surface area contributed by atoms with Crippen LogP contribution in [0.5, 0.6) is 6.01 Å². The molecule has 17 heavy (non-hydrogen) atoms. The zero-order valence-corrected chi connectivity index (χ0v) is 10.5. The Morgan fingerprint density at radius 3 is 3.06 bits per heavy atom. The molecular weight excluding hydrogens is 242 g/mol. The largest absolute Gasteiger partial charge is 0.467 e. The lowest BCUT2D eigenvalue weighted by molar-refractivity contribution is 0.379. The zero-order chi connectivity index (χ0) is 12.1. The molecule has 0 aliphatic carbocycles. The molecule has 0 saturated carbocycles. The first-order chi connectivity index (χ1) is 8.28. The van der Waals surface area contributed by atoms with E-state index in [-0.39, 0.29) is 11.3 Å². The second-order valence-corrected chi connectivity index (χ2v) is 4.26. The Labute approximate surface area is 105 Å². The first-order valence-electron chi connectivity index (χ1n) is 5.71. The lowest BCUT2D eigenvalue weighted by atomic mass is 10.2. The van der Waals surface area contributed by atoms with Crippen molar-refractivity contribution in [3.05, 3.63) is 5.28 Å². The van der Waals surface area contributed by atoms with Gasteiger partial charge in [-0.1, -0.05) is 0 Å². The van der Waals surface area contributed by atoms with Gasteiger partial charge in [-0.15, -0.1) is 0 Å². The predicted octanol–water partition coefficient (Wildman–Crippen LogP) is 1.09. The number of ether oxygens (including phenoxy) is 1. The molecule has 1 aliphatic rings. The molecule has 0 amide bonds. The molecule has 1 saturated heterocycles.